The highest BCUT2D eigenvalue weighted by Crippen LogP contribution is 2.48. The highest BCUT2D eigenvalue weighted by molar-refractivity contribution is 5.87. The third-order valence-corrected chi connectivity index (χ3v) is 7.46. The van der Waals surface area contributed by atoms with Crippen LogP contribution < -0.4 is 0 Å². The molecule has 0 radical (unpaired) electrons. The molecule has 1 amide bonds. The Bertz CT molecular complexity index is 979. The smallest absolute Gasteiger partial charge is 0.335 e. The summed E-state index contributed by atoms with van der Waals surface area (Å²) in [6.07, 6.45) is 10.7. The third-order valence-electron chi connectivity index (χ3n) is 7.46. The second kappa shape index (κ2) is 10.3. The van der Waals surface area contributed by atoms with E-state index in [9.17, 15) is 14.7 Å². The van der Waals surface area contributed by atoms with Crippen molar-refractivity contribution in [3.63, 3.8) is 0 Å². The van der Waals surface area contributed by atoms with Gasteiger partial charge in [-0.05, 0) is 61.8 Å². The Morgan fingerprint density at radius 1 is 1.06 bits per heavy atom. The van der Waals surface area contributed by atoms with Crippen molar-refractivity contribution in [2.24, 2.45) is 5.41 Å². The van der Waals surface area contributed by atoms with Gasteiger partial charge in [-0.15, -0.1) is 0 Å². The van der Waals surface area contributed by atoms with Crippen LogP contribution in [0.15, 0.2) is 66.7 Å². The molecule has 0 spiro atoms. The first-order valence-corrected chi connectivity index (χ1v) is 12.0. The topological polar surface area (TPSA) is 77.8 Å². The number of aliphatic hydroxyl groups is 1. The Hall–Kier alpha value is -2.92. The summed E-state index contributed by atoms with van der Waals surface area (Å²) in [5.41, 5.74) is 2.54. The maximum absolute atomic E-state index is 12.5. The van der Waals surface area contributed by atoms with Crippen molar-refractivity contribution in [1.29, 1.82) is 0 Å². The Labute approximate surface area is 195 Å². The van der Waals surface area contributed by atoms with E-state index >= 15 is 0 Å². The minimum Gasteiger partial charge on any atom is -0.478 e. The van der Waals surface area contributed by atoms with Crippen molar-refractivity contribution in [1.82, 2.24) is 4.90 Å². The highest BCUT2D eigenvalue weighted by Gasteiger charge is 2.42. The monoisotopic (exact) mass is 447 g/mol. The third kappa shape index (κ3) is 5.53. The van der Waals surface area contributed by atoms with E-state index in [4.69, 9.17) is 5.11 Å². The predicted octanol–water partition coefficient (Wildman–Crippen LogP) is 4.64. The molecule has 1 aliphatic carbocycles. The summed E-state index contributed by atoms with van der Waals surface area (Å²) in [6.45, 7) is 0.593. The Balaban J connectivity index is 1.34. The molecule has 1 unspecified atom stereocenters. The van der Waals surface area contributed by atoms with Crippen LogP contribution in [0.2, 0.25) is 0 Å². The van der Waals surface area contributed by atoms with Crippen LogP contribution >= 0.6 is 0 Å². The normalized spacial score (nSPS) is 20.7. The van der Waals surface area contributed by atoms with Crippen LogP contribution in [-0.4, -0.2) is 45.7 Å². The fraction of sp³-hybridized carbons (Fsp3) is 0.429. The Morgan fingerprint density at radius 2 is 1.76 bits per heavy atom. The van der Waals surface area contributed by atoms with Crippen molar-refractivity contribution < 1.29 is 19.8 Å². The lowest BCUT2D eigenvalue weighted by Crippen LogP contribution is -2.41. The Kier molecular flexibility index (Phi) is 7.29. The number of aryl methyl sites for hydroxylation is 1. The van der Waals surface area contributed by atoms with Crippen LogP contribution in [0.1, 0.15) is 60.0 Å². The average Bonchev–Trinajstić information content (AvgIpc) is 3.15. The summed E-state index contributed by atoms with van der Waals surface area (Å²) in [5, 5.41) is 20.1. The number of amides is 1. The van der Waals surface area contributed by atoms with Gasteiger partial charge < -0.3 is 15.1 Å². The van der Waals surface area contributed by atoms with E-state index in [1.165, 1.54) is 5.56 Å². The number of hydrogen-bond acceptors (Lipinski definition) is 3. The zero-order valence-corrected chi connectivity index (χ0v) is 19.0. The fourth-order valence-electron chi connectivity index (χ4n) is 5.11. The molecule has 4 rings (SSSR count). The number of carboxylic acids is 1. The molecular weight excluding hydrogens is 414 g/mol. The van der Waals surface area contributed by atoms with E-state index in [-0.39, 0.29) is 22.9 Å². The molecule has 2 aliphatic rings. The summed E-state index contributed by atoms with van der Waals surface area (Å²) < 4.78 is 0. The van der Waals surface area contributed by atoms with E-state index in [2.05, 4.69) is 24.3 Å². The van der Waals surface area contributed by atoms with E-state index < -0.39 is 12.1 Å². The standard InChI is InChI=1S/C28H33NO4/c30-25(28(17-4-18-28)19-15-21-5-2-1-3-6-21)13-11-24-12-14-26(31)29(24)20-16-22-7-9-23(10-8-22)27(32)33/h1-3,5-11,13,24-25,30H,4,12,14-20H2,(H,32,33)/b13-11+/t24-,25?/m0/s1. The molecule has 0 bridgehead atoms. The fourth-order valence-corrected chi connectivity index (χ4v) is 5.11. The van der Waals surface area contributed by atoms with Crippen LogP contribution in [-0.2, 0) is 17.6 Å². The molecule has 1 heterocycles. The van der Waals surface area contributed by atoms with Gasteiger partial charge in [0.25, 0.3) is 0 Å². The van der Waals surface area contributed by atoms with Gasteiger partial charge in [0.2, 0.25) is 5.91 Å². The van der Waals surface area contributed by atoms with Crippen molar-refractivity contribution in [2.75, 3.05) is 6.54 Å². The minimum absolute atomic E-state index is 0.0108. The second-order valence-corrected chi connectivity index (χ2v) is 9.48. The second-order valence-electron chi connectivity index (χ2n) is 9.48. The Morgan fingerprint density at radius 3 is 2.39 bits per heavy atom. The molecule has 2 atom stereocenters. The molecule has 2 aromatic rings. The molecule has 2 N–H and O–H groups in total. The minimum atomic E-state index is -0.937. The number of hydrogen-bond donors (Lipinski definition) is 2. The average molecular weight is 448 g/mol. The van der Waals surface area contributed by atoms with Gasteiger partial charge in [-0.1, -0.05) is 61.0 Å². The van der Waals surface area contributed by atoms with Gasteiger partial charge in [0.1, 0.15) is 0 Å². The van der Waals surface area contributed by atoms with Crippen molar-refractivity contribution in [3.05, 3.63) is 83.4 Å². The number of carboxylic acid groups (broad SMARTS) is 1. The maximum Gasteiger partial charge on any atom is 0.335 e. The van der Waals surface area contributed by atoms with Crippen molar-refractivity contribution in [2.45, 2.75) is 63.5 Å². The lowest BCUT2D eigenvalue weighted by atomic mass is 9.62. The number of likely N-dealkylation sites (tertiary alicyclic amines) is 1. The van der Waals surface area contributed by atoms with Crippen LogP contribution in [0.3, 0.4) is 0 Å². The van der Waals surface area contributed by atoms with E-state index in [1.807, 2.05) is 35.3 Å². The van der Waals surface area contributed by atoms with Gasteiger partial charge in [0.15, 0.2) is 0 Å². The highest BCUT2D eigenvalue weighted by atomic mass is 16.4. The lowest BCUT2D eigenvalue weighted by Gasteiger charge is -2.45. The SMILES string of the molecule is O=C(O)c1ccc(CCN2C(=O)CC[C@@H]2/C=C/C(O)C2(CCc3ccccc3)CCC2)cc1. The summed E-state index contributed by atoms with van der Waals surface area (Å²) in [7, 11) is 0. The first-order chi connectivity index (χ1) is 16.0. The molecular formula is C28H33NO4. The zero-order valence-electron chi connectivity index (χ0n) is 19.0. The quantitative estimate of drug-likeness (QED) is 0.520. The van der Waals surface area contributed by atoms with Crippen LogP contribution in [0.4, 0.5) is 0 Å². The molecule has 5 nitrogen and oxygen atoms in total. The molecule has 0 aromatic heterocycles. The number of rotatable bonds is 10. The van der Waals surface area contributed by atoms with Gasteiger partial charge in [0.05, 0.1) is 17.7 Å². The number of benzene rings is 2. The molecule has 5 heteroatoms. The van der Waals surface area contributed by atoms with Crippen molar-refractivity contribution >= 4 is 11.9 Å². The van der Waals surface area contributed by atoms with Gasteiger partial charge >= 0.3 is 5.97 Å². The molecule has 1 saturated heterocycles. The molecule has 1 aliphatic heterocycles. The molecule has 33 heavy (non-hydrogen) atoms. The number of carbonyl (C=O) groups excluding carboxylic acids is 1. The van der Waals surface area contributed by atoms with Crippen LogP contribution in [0.25, 0.3) is 0 Å². The van der Waals surface area contributed by atoms with Crippen LogP contribution in [0, 0.1) is 5.41 Å². The van der Waals surface area contributed by atoms with Crippen LogP contribution in [0.5, 0.6) is 0 Å². The first-order valence-electron chi connectivity index (χ1n) is 12.0. The zero-order chi connectivity index (χ0) is 23.3. The predicted molar refractivity (Wildman–Crippen MR) is 128 cm³/mol. The van der Waals surface area contributed by atoms with E-state index in [1.54, 1.807) is 12.1 Å². The largest absolute Gasteiger partial charge is 0.478 e. The summed E-state index contributed by atoms with van der Waals surface area (Å²) in [4.78, 5) is 25.4. The van der Waals surface area contributed by atoms with E-state index in [0.29, 0.717) is 19.4 Å². The molecule has 1 saturated carbocycles. The number of aliphatic hydroxyl groups excluding tert-OH is 1. The summed E-state index contributed by atoms with van der Waals surface area (Å²) in [5.74, 6) is -0.795. The number of aromatic carboxylic acids is 1. The summed E-state index contributed by atoms with van der Waals surface area (Å²) >= 11 is 0. The van der Waals surface area contributed by atoms with E-state index in [0.717, 1.165) is 44.1 Å². The molecule has 2 aromatic carbocycles. The van der Waals surface area contributed by atoms with Crippen molar-refractivity contribution in [3.8, 4) is 0 Å². The maximum atomic E-state index is 12.5. The number of nitrogens with zero attached hydrogens (tertiary/aromatic N) is 1. The van der Waals surface area contributed by atoms with Gasteiger partial charge in [-0.25, -0.2) is 4.79 Å². The van der Waals surface area contributed by atoms with Gasteiger partial charge in [0, 0.05) is 18.4 Å². The lowest BCUT2D eigenvalue weighted by molar-refractivity contribution is -0.128. The number of carbonyl (C=O) groups is 2. The summed E-state index contributed by atoms with van der Waals surface area (Å²) in [6, 6.07) is 17.3. The molecule has 2 fully saturated rings. The van der Waals surface area contributed by atoms with Gasteiger partial charge in [-0.2, -0.15) is 0 Å². The van der Waals surface area contributed by atoms with Gasteiger partial charge in [-0.3, -0.25) is 4.79 Å². The first kappa shape index (κ1) is 23.2. The molecule has 174 valence electrons.